The predicted octanol–water partition coefficient (Wildman–Crippen LogP) is 3.76. The van der Waals surface area contributed by atoms with E-state index < -0.39 is 5.97 Å². The van der Waals surface area contributed by atoms with Crippen molar-refractivity contribution in [2.75, 3.05) is 13.7 Å². The fraction of sp³-hybridized carbons (Fsp3) is 0.105. The van der Waals surface area contributed by atoms with Gasteiger partial charge in [-0.05, 0) is 48.0 Å². The molecule has 2 aromatic carbocycles. The summed E-state index contributed by atoms with van der Waals surface area (Å²) in [5, 5.41) is 9.31. The molecule has 5 heteroatoms. The van der Waals surface area contributed by atoms with Gasteiger partial charge in [0, 0.05) is 0 Å². The van der Waals surface area contributed by atoms with Crippen molar-refractivity contribution in [3.8, 4) is 17.2 Å². The third kappa shape index (κ3) is 4.91. The van der Waals surface area contributed by atoms with Crippen LogP contribution in [0.4, 0.5) is 0 Å². The van der Waals surface area contributed by atoms with Gasteiger partial charge in [0.1, 0.15) is 23.9 Å². The molecule has 0 spiro atoms. The largest absolute Gasteiger partial charge is 0.497 e. The van der Waals surface area contributed by atoms with Crippen LogP contribution in [-0.4, -0.2) is 24.8 Å². The zero-order valence-corrected chi connectivity index (χ0v) is 13.3. The van der Waals surface area contributed by atoms with E-state index >= 15 is 0 Å². The number of aliphatic carboxylic acids is 1. The van der Waals surface area contributed by atoms with Crippen molar-refractivity contribution < 1.29 is 24.1 Å². The zero-order chi connectivity index (χ0) is 17.4. The third-order valence-corrected chi connectivity index (χ3v) is 3.04. The molecule has 0 saturated carbocycles. The van der Waals surface area contributed by atoms with E-state index in [1.165, 1.54) is 6.08 Å². The number of benzene rings is 2. The fourth-order valence-corrected chi connectivity index (χ4v) is 1.87. The average Bonchev–Trinajstić information content (AvgIpc) is 2.61. The molecule has 0 aliphatic rings. The van der Waals surface area contributed by atoms with Crippen molar-refractivity contribution in [3.63, 3.8) is 0 Å². The molecule has 0 amide bonds. The van der Waals surface area contributed by atoms with Gasteiger partial charge >= 0.3 is 5.97 Å². The fourth-order valence-electron chi connectivity index (χ4n) is 1.87. The molecular formula is C19H18O5. The van der Waals surface area contributed by atoms with E-state index in [2.05, 4.69) is 6.58 Å². The Morgan fingerprint density at radius 2 is 1.62 bits per heavy atom. The molecule has 0 aliphatic heterocycles. The summed E-state index contributed by atoms with van der Waals surface area (Å²) in [7, 11) is 1.56. The van der Waals surface area contributed by atoms with E-state index in [-0.39, 0.29) is 5.76 Å². The van der Waals surface area contributed by atoms with Crippen molar-refractivity contribution in [3.05, 3.63) is 72.5 Å². The maximum Gasteiger partial charge on any atom is 0.371 e. The zero-order valence-electron chi connectivity index (χ0n) is 13.3. The minimum absolute atomic E-state index is 0.181. The predicted molar refractivity (Wildman–Crippen MR) is 91.4 cm³/mol. The first kappa shape index (κ1) is 17.1. The molecule has 2 aromatic rings. The average molecular weight is 326 g/mol. The smallest absolute Gasteiger partial charge is 0.371 e. The molecule has 0 unspecified atom stereocenters. The molecule has 0 fully saturated rings. The Balaban J connectivity index is 2.14. The van der Waals surface area contributed by atoms with Crippen molar-refractivity contribution in [1.82, 2.24) is 0 Å². The van der Waals surface area contributed by atoms with E-state index in [1.807, 2.05) is 0 Å². The summed E-state index contributed by atoms with van der Waals surface area (Å²) in [6, 6.07) is 13.7. The number of hydrogen-bond acceptors (Lipinski definition) is 4. The van der Waals surface area contributed by atoms with E-state index in [1.54, 1.807) is 61.7 Å². The minimum Gasteiger partial charge on any atom is -0.497 e. The van der Waals surface area contributed by atoms with Crippen LogP contribution in [0.3, 0.4) is 0 Å². The Labute approximate surface area is 140 Å². The molecule has 24 heavy (non-hydrogen) atoms. The minimum atomic E-state index is -1.15. The molecule has 0 bridgehead atoms. The highest BCUT2D eigenvalue weighted by atomic mass is 16.5. The summed E-state index contributed by atoms with van der Waals surface area (Å²) in [6.07, 6.45) is 3.10. The second kappa shape index (κ2) is 8.43. The molecule has 0 radical (unpaired) electrons. The first-order valence-corrected chi connectivity index (χ1v) is 7.23. The maximum absolute atomic E-state index is 11.4. The molecule has 0 atom stereocenters. The van der Waals surface area contributed by atoms with Crippen LogP contribution in [0, 0.1) is 0 Å². The molecule has 0 saturated heterocycles. The van der Waals surface area contributed by atoms with E-state index in [4.69, 9.17) is 14.2 Å². The van der Waals surface area contributed by atoms with Gasteiger partial charge < -0.3 is 19.3 Å². The summed E-state index contributed by atoms with van der Waals surface area (Å²) < 4.78 is 15.9. The van der Waals surface area contributed by atoms with Crippen LogP contribution >= 0.6 is 0 Å². The molecule has 0 aromatic heterocycles. The molecule has 2 rings (SSSR count). The molecular weight excluding hydrogens is 308 g/mol. The molecule has 0 aliphatic carbocycles. The number of carboxylic acids is 1. The number of hydrogen-bond donors (Lipinski definition) is 1. The first-order chi connectivity index (χ1) is 11.6. The van der Waals surface area contributed by atoms with Crippen LogP contribution < -0.4 is 14.2 Å². The number of ether oxygens (including phenoxy) is 3. The van der Waals surface area contributed by atoms with Crippen LogP contribution in [0.2, 0.25) is 0 Å². The molecule has 5 nitrogen and oxygen atoms in total. The lowest BCUT2D eigenvalue weighted by Crippen LogP contribution is -2.07. The lowest BCUT2D eigenvalue weighted by Gasteiger charge is -2.08. The van der Waals surface area contributed by atoms with Crippen LogP contribution in [0.15, 0.2) is 66.9 Å². The van der Waals surface area contributed by atoms with Gasteiger partial charge in [0.05, 0.1) is 7.11 Å². The molecule has 0 heterocycles. The van der Waals surface area contributed by atoms with Crippen molar-refractivity contribution in [2.24, 2.45) is 0 Å². The van der Waals surface area contributed by atoms with Crippen LogP contribution in [0.25, 0.3) is 6.08 Å². The Morgan fingerprint density at radius 1 is 1.04 bits per heavy atom. The quantitative estimate of drug-likeness (QED) is 0.454. The summed E-state index contributed by atoms with van der Waals surface area (Å²) in [4.78, 5) is 11.4. The van der Waals surface area contributed by atoms with Gasteiger partial charge in [0.2, 0.25) is 5.76 Å². The van der Waals surface area contributed by atoms with E-state index in [0.717, 1.165) is 0 Å². The van der Waals surface area contributed by atoms with Crippen molar-refractivity contribution in [1.29, 1.82) is 0 Å². The van der Waals surface area contributed by atoms with Gasteiger partial charge in [0.25, 0.3) is 0 Å². The van der Waals surface area contributed by atoms with Gasteiger partial charge in [-0.25, -0.2) is 4.79 Å². The van der Waals surface area contributed by atoms with Gasteiger partial charge in [-0.15, -0.1) is 0 Å². The van der Waals surface area contributed by atoms with Gasteiger partial charge in [-0.1, -0.05) is 24.8 Å². The first-order valence-electron chi connectivity index (χ1n) is 7.23. The van der Waals surface area contributed by atoms with Crippen LogP contribution in [-0.2, 0) is 4.79 Å². The summed E-state index contributed by atoms with van der Waals surface area (Å²) >= 11 is 0. The van der Waals surface area contributed by atoms with Crippen molar-refractivity contribution >= 4 is 12.0 Å². The SMILES string of the molecule is C=CCOc1ccc(C=C(Oc2ccc(OC)cc2)C(=O)O)cc1. The highest BCUT2D eigenvalue weighted by molar-refractivity contribution is 5.90. The van der Waals surface area contributed by atoms with Gasteiger partial charge in [-0.3, -0.25) is 0 Å². The topological polar surface area (TPSA) is 65.0 Å². The Hall–Kier alpha value is -3.21. The van der Waals surface area contributed by atoms with Gasteiger partial charge in [0.15, 0.2) is 0 Å². The lowest BCUT2D eigenvalue weighted by atomic mass is 10.2. The third-order valence-electron chi connectivity index (χ3n) is 3.04. The second-order valence-corrected chi connectivity index (χ2v) is 4.76. The van der Waals surface area contributed by atoms with Gasteiger partial charge in [-0.2, -0.15) is 0 Å². The molecule has 124 valence electrons. The van der Waals surface area contributed by atoms with E-state index in [0.29, 0.717) is 29.4 Å². The van der Waals surface area contributed by atoms with Crippen LogP contribution in [0.5, 0.6) is 17.2 Å². The standard InChI is InChI=1S/C19H18O5/c1-3-12-23-16-6-4-14(5-7-16)13-18(19(20)21)24-17-10-8-15(22-2)9-11-17/h3-11,13H,1,12H2,2H3,(H,20,21). The van der Waals surface area contributed by atoms with Crippen molar-refractivity contribution in [2.45, 2.75) is 0 Å². The normalized spacial score (nSPS) is 10.8. The second-order valence-electron chi connectivity index (χ2n) is 4.76. The summed E-state index contributed by atoms with van der Waals surface area (Å²) in [5.74, 6) is 0.423. The maximum atomic E-state index is 11.4. The number of methoxy groups -OCH3 is 1. The highest BCUT2D eigenvalue weighted by Crippen LogP contribution is 2.21. The monoisotopic (exact) mass is 326 g/mol. The van der Waals surface area contributed by atoms with Crippen LogP contribution in [0.1, 0.15) is 5.56 Å². The lowest BCUT2D eigenvalue weighted by molar-refractivity contribution is -0.134. The Kier molecular flexibility index (Phi) is 6.02. The highest BCUT2D eigenvalue weighted by Gasteiger charge is 2.10. The number of rotatable bonds is 8. The summed E-state index contributed by atoms with van der Waals surface area (Å²) in [5.41, 5.74) is 0.687. The Bertz CT molecular complexity index is 714. The molecule has 1 N–H and O–H groups in total. The van der Waals surface area contributed by atoms with E-state index in [9.17, 15) is 9.90 Å². The number of carboxylic acid groups (broad SMARTS) is 1. The summed E-state index contributed by atoms with van der Waals surface area (Å²) in [6.45, 7) is 3.99. The Morgan fingerprint density at radius 3 is 2.17 bits per heavy atom. The number of carbonyl (C=O) groups is 1.